The summed E-state index contributed by atoms with van der Waals surface area (Å²) in [6.45, 7) is 7.83. The zero-order valence-corrected chi connectivity index (χ0v) is 24.9. The summed E-state index contributed by atoms with van der Waals surface area (Å²) in [7, 11) is 1.48. The van der Waals surface area contributed by atoms with Crippen molar-refractivity contribution in [3.05, 3.63) is 64.0 Å². The maximum Gasteiger partial charge on any atom is 0.283 e. The number of halogens is 2. The Labute approximate surface area is 251 Å². The molecule has 1 aromatic carbocycles. The third-order valence-corrected chi connectivity index (χ3v) is 8.36. The lowest BCUT2D eigenvalue weighted by Crippen LogP contribution is -2.63. The number of anilines is 2. The van der Waals surface area contributed by atoms with Gasteiger partial charge in [-0.05, 0) is 31.0 Å². The molecule has 5 heterocycles. The molecule has 6 rings (SSSR count). The van der Waals surface area contributed by atoms with Gasteiger partial charge < -0.3 is 19.8 Å². The number of hydrogen-bond donors (Lipinski definition) is 1. The fourth-order valence-electron chi connectivity index (χ4n) is 6.21. The van der Waals surface area contributed by atoms with Crippen molar-refractivity contribution in [3.63, 3.8) is 0 Å². The minimum absolute atomic E-state index is 0.00895. The number of fused-ring (bicyclic) bond motifs is 5. The van der Waals surface area contributed by atoms with Crippen molar-refractivity contribution in [3.8, 4) is 22.7 Å². The van der Waals surface area contributed by atoms with Gasteiger partial charge >= 0.3 is 0 Å². The molecule has 0 spiro atoms. The van der Waals surface area contributed by atoms with Crippen LogP contribution < -0.4 is 15.4 Å². The predicted molar refractivity (Wildman–Crippen MR) is 160 cm³/mol. The molecule has 2 amide bonds. The van der Waals surface area contributed by atoms with E-state index in [9.17, 15) is 19.5 Å². The third-order valence-electron chi connectivity index (χ3n) is 8.36. The van der Waals surface area contributed by atoms with Crippen LogP contribution in [0.5, 0.6) is 5.75 Å². The second-order valence-electron chi connectivity index (χ2n) is 11.3. The average molecular weight is 604 g/mol. The second-order valence-corrected chi connectivity index (χ2v) is 11.3. The van der Waals surface area contributed by atoms with Crippen molar-refractivity contribution < 1.29 is 23.5 Å². The maximum atomic E-state index is 16.1. The molecule has 0 aliphatic carbocycles. The second kappa shape index (κ2) is 10.6. The van der Waals surface area contributed by atoms with E-state index in [-0.39, 0.29) is 59.7 Å². The van der Waals surface area contributed by atoms with Gasteiger partial charge in [0.2, 0.25) is 5.91 Å². The number of likely N-dealkylation sites (N-methyl/N-ethyl adjacent to an activating group) is 1. The molecule has 3 aromatic heterocycles. The highest BCUT2D eigenvalue weighted by Gasteiger charge is 2.44. The zero-order chi connectivity index (χ0) is 31.6. The highest BCUT2D eigenvalue weighted by Crippen LogP contribution is 2.43. The molecule has 0 unspecified atom stereocenters. The summed E-state index contributed by atoms with van der Waals surface area (Å²) in [5.41, 5.74) is -0.0491. The van der Waals surface area contributed by atoms with E-state index in [0.29, 0.717) is 23.6 Å². The van der Waals surface area contributed by atoms with E-state index < -0.39 is 40.2 Å². The third kappa shape index (κ3) is 4.28. The quantitative estimate of drug-likeness (QED) is 0.375. The van der Waals surface area contributed by atoms with Crippen molar-refractivity contribution in [2.75, 3.05) is 36.5 Å². The number of phenols is 1. The Bertz CT molecular complexity index is 1910. The van der Waals surface area contributed by atoms with E-state index >= 15 is 8.78 Å². The van der Waals surface area contributed by atoms with Crippen molar-refractivity contribution in [2.45, 2.75) is 46.1 Å². The Hall–Kier alpha value is -4.94. The highest BCUT2D eigenvalue weighted by atomic mass is 19.1. The first kappa shape index (κ1) is 29.1. The summed E-state index contributed by atoms with van der Waals surface area (Å²) in [4.78, 5) is 58.8. The molecule has 4 aromatic rings. The van der Waals surface area contributed by atoms with Crippen LogP contribution >= 0.6 is 0 Å². The van der Waals surface area contributed by atoms with E-state index in [1.54, 1.807) is 23.6 Å². The molecular weight excluding hydrogens is 572 g/mol. The Morgan fingerprint density at radius 3 is 2.52 bits per heavy atom. The monoisotopic (exact) mass is 603 g/mol. The van der Waals surface area contributed by atoms with Gasteiger partial charge in [-0.2, -0.15) is 0 Å². The van der Waals surface area contributed by atoms with Crippen LogP contribution in [0, 0.1) is 18.6 Å². The van der Waals surface area contributed by atoms with E-state index in [1.807, 2.05) is 13.8 Å². The molecule has 2 aliphatic rings. The lowest BCUT2D eigenvalue weighted by atomic mass is 10.00. The number of aromatic hydroxyl groups is 1. The van der Waals surface area contributed by atoms with Gasteiger partial charge in [-0.1, -0.05) is 26.8 Å². The first-order valence-electron chi connectivity index (χ1n) is 14.4. The van der Waals surface area contributed by atoms with E-state index in [0.717, 1.165) is 12.1 Å². The summed E-state index contributed by atoms with van der Waals surface area (Å²) in [6, 6.07) is 3.92. The molecule has 1 atom stereocenters. The van der Waals surface area contributed by atoms with E-state index in [1.165, 1.54) is 35.0 Å². The van der Waals surface area contributed by atoms with Crippen LogP contribution in [0.2, 0.25) is 0 Å². The summed E-state index contributed by atoms with van der Waals surface area (Å²) < 4.78 is 32.3. The fraction of sp³-hybridized carbons (Fsp3) is 0.355. The number of phenolic OH excluding ortho intramolecular Hbond substituents is 1. The van der Waals surface area contributed by atoms with Crippen molar-refractivity contribution in [1.82, 2.24) is 24.4 Å². The van der Waals surface area contributed by atoms with Crippen LogP contribution in [-0.2, 0) is 9.59 Å². The molecule has 0 saturated carbocycles. The van der Waals surface area contributed by atoms with Crippen molar-refractivity contribution in [1.29, 1.82) is 0 Å². The summed E-state index contributed by atoms with van der Waals surface area (Å²) in [5, 5.41) is 10.7. The molecule has 1 fully saturated rings. The molecule has 2 aliphatic heterocycles. The normalized spacial score (nSPS) is 16.5. The van der Waals surface area contributed by atoms with Crippen LogP contribution in [0.4, 0.5) is 20.2 Å². The fourth-order valence-corrected chi connectivity index (χ4v) is 6.21. The van der Waals surface area contributed by atoms with Gasteiger partial charge in [0.05, 0.1) is 34.9 Å². The van der Waals surface area contributed by atoms with Crippen LogP contribution in [0.3, 0.4) is 0 Å². The molecule has 13 heteroatoms. The molecule has 0 radical (unpaired) electrons. The molecule has 44 heavy (non-hydrogen) atoms. The van der Waals surface area contributed by atoms with Crippen LogP contribution in [0.1, 0.15) is 44.5 Å². The standard InChI is InChI=1S/C31H31F2N7O4/c1-6-22(42)38-10-11-39-20(13-38)30(43)37(5)28-27(39)17-12-19(33)25(23-18(32)8-7-9-21(23)41)36-29(17)40(31(28)44)26-16(4)34-14-35-24(26)15(2)3/h7-9,12,14-15,20,41H,6,10-11,13H2,1-5H3/t20-/m1/s1. The van der Waals surface area contributed by atoms with Crippen molar-refractivity contribution >= 4 is 34.2 Å². The number of aryl methyl sites for hydroxylation is 1. The summed E-state index contributed by atoms with van der Waals surface area (Å²) in [6.07, 6.45) is 1.66. The van der Waals surface area contributed by atoms with Crippen LogP contribution in [0.25, 0.3) is 28.0 Å². The number of aromatic nitrogens is 4. The van der Waals surface area contributed by atoms with Gasteiger partial charge in [0.15, 0.2) is 11.5 Å². The number of rotatable bonds is 4. The number of pyridine rings is 2. The Kier molecular flexibility index (Phi) is 7.05. The zero-order valence-electron chi connectivity index (χ0n) is 24.9. The topological polar surface area (TPSA) is 125 Å². The maximum absolute atomic E-state index is 16.1. The van der Waals surface area contributed by atoms with Crippen LogP contribution in [0.15, 0.2) is 35.4 Å². The first-order chi connectivity index (χ1) is 21.0. The number of piperazine rings is 1. The van der Waals surface area contributed by atoms with E-state index in [2.05, 4.69) is 15.0 Å². The largest absolute Gasteiger partial charge is 0.507 e. The Morgan fingerprint density at radius 2 is 1.84 bits per heavy atom. The predicted octanol–water partition coefficient (Wildman–Crippen LogP) is 3.66. The Morgan fingerprint density at radius 1 is 1.09 bits per heavy atom. The molecule has 11 nitrogen and oxygen atoms in total. The van der Waals surface area contributed by atoms with E-state index in [4.69, 9.17) is 0 Å². The SMILES string of the molecule is CCC(=O)N1CCN2c3c(c(=O)n(-c4c(C)ncnc4C(C)C)c4nc(-c5c(O)cccc5F)c(F)cc34)N(C)C(=O)[C@H]2C1. The lowest BCUT2D eigenvalue weighted by Gasteiger charge is -2.47. The first-order valence-corrected chi connectivity index (χ1v) is 14.4. The van der Waals surface area contributed by atoms with Gasteiger partial charge in [0, 0.05) is 31.9 Å². The molecular formula is C31H31F2N7O4. The molecule has 1 saturated heterocycles. The van der Waals surface area contributed by atoms with Gasteiger partial charge in [0.25, 0.3) is 11.5 Å². The van der Waals surface area contributed by atoms with Gasteiger partial charge in [-0.15, -0.1) is 0 Å². The lowest BCUT2D eigenvalue weighted by molar-refractivity contribution is -0.132. The Balaban J connectivity index is 1.74. The molecule has 0 bridgehead atoms. The number of carbonyl (C=O) groups is 2. The molecule has 228 valence electrons. The number of carbonyl (C=O) groups excluding carboxylic acids is 2. The summed E-state index contributed by atoms with van der Waals surface area (Å²) >= 11 is 0. The average Bonchev–Trinajstić information content (AvgIpc) is 2.99. The van der Waals surface area contributed by atoms with Crippen molar-refractivity contribution in [2.24, 2.45) is 0 Å². The van der Waals surface area contributed by atoms with Gasteiger partial charge in [0.1, 0.15) is 35.3 Å². The van der Waals surface area contributed by atoms with Gasteiger partial charge in [-0.3, -0.25) is 19.0 Å². The smallest absolute Gasteiger partial charge is 0.283 e. The highest BCUT2D eigenvalue weighted by molar-refractivity contribution is 6.11. The number of amides is 2. The number of nitrogens with zero attached hydrogens (tertiary/aromatic N) is 7. The number of benzene rings is 1. The van der Waals surface area contributed by atoms with Gasteiger partial charge in [-0.25, -0.2) is 23.7 Å². The minimum Gasteiger partial charge on any atom is -0.507 e. The minimum atomic E-state index is -0.939. The van der Waals surface area contributed by atoms with Crippen LogP contribution in [-0.4, -0.2) is 74.1 Å². The number of hydrogen-bond acceptors (Lipinski definition) is 8. The summed E-state index contributed by atoms with van der Waals surface area (Å²) in [5.74, 6) is -3.02. The molecule has 1 N–H and O–H groups in total.